The number of rotatable bonds is 2. The van der Waals surface area contributed by atoms with Gasteiger partial charge < -0.3 is 14.9 Å². The predicted molar refractivity (Wildman–Crippen MR) is 132 cm³/mol. The number of aliphatic hydroxyl groups excluding tert-OH is 2. The van der Waals surface area contributed by atoms with Crippen molar-refractivity contribution in [2.45, 2.75) is 117 Å². The van der Waals surface area contributed by atoms with Gasteiger partial charge in [-0.2, -0.15) is 0 Å². The molecule has 2 N–H and O–H groups in total. The first-order chi connectivity index (χ1) is 15.4. The molecule has 33 heavy (non-hydrogen) atoms. The molecule has 3 heteroatoms. The highest BCUT2D eigenvalue weighted by atomic mass is 16.6. The van der Waals surface area contributed by atoms with Crippen molar-refractivity contribution in [2.75, 3.05) is 13.2 Å². The van der Waals surface area contributed by atoms with E-state index in [4.69, 9.17) is 4.74 Å². The molecule has 6 fully saturated rings. The zero-order chi connectivity index (χ0) is 23.7. The Morgan fingerprint density at radius 1 is 0.727 bits per heavy atom. The third-order valence-electron chi connectivity index (χ3n) is 14.3. The summed E-state index contributed by atoms with van der Waals surface area (Å²) in [5.41, 5.74) is 1.30. The van der Waals surface area contributed by atoms with Crippen LogP contribution in [0.3, 0.4) is 0 Å². The van der Waals surface area contributed by atoms with Gasteiger partial charge in [0, 0.05) is 6.61 Å². The first-order valence-electron chi connectivity index (χ1n) is 14.3. The van der Waals surface area contributed by atoms with Crippen molar-refractivity contribution in [1.29, 1.82) is 0 Å². The number of aliphatic hydroxyl groups is 2. The molecule has 0 radical (unpaired) electrons. The highest BCUT2D eigenvalue weighted by molar-refractivity contribution is 5.21. The van der Waals surface area contributed by atoms with E-state index in [1.54, 1.807) is 0 Å². The van der Waals surface area contributed by atoms with E-state index in [1.807, 2.05) is 0 Å². The Morgan fingerprint density at radius 3 is 2.12 bits per heavy atom. The van der Waals surface area contributed by atoms with Crippen LogP contribution in [0.4, 0.5) is 0 Å². The first kappa shape index (κ1) is 23.3. The fourth-order valence-electron chi connectivity index (χ4n) is 12.0. The van der Waals surface area contributed by atoms with Crippen LogP contribution in [0.2, 0.25) is 0 Å². The van der Waals surface area contributed by atoms with Crippen LogP contribution in [-0.4, -0.2) is 35.1 Å². The van der Waals surface area contributed by atoms with Gasteiger partial charge in [0.25, 0.3) is 0 Å². The molecule has 1 saturated heterocycles. The molecule has 0 aromatic carbocycles. The van der Waals surface area contributed by atoms with Gasteiger partial charge >= 0.3 is 0 Å². The molecule has 0 amide bonds. The number of ether oxygens (including phenoxy) is 1. The van der Waals surface area contributed by atoms with E-state index < -0.39 is 0 Å². The quantitative estimate of drug-likeness (QED) is 0.484. The molecule has 0 spiro atoms. The summed E-state index contributed by atoms with van der Waals surface area (Å²) in [7, 11) is 0. The topological polar surface area (TPSA) is 53.0 Å². The molecule has 0 bridgehead atoms. The Hall–Kier alpha value is -0.120. The molecule has 0 aromatic heterocycles. The molecule has 0 aromatic rings. The maximum atomic E-state index is 10.9. The lowest BCUT2D eigenvalue weighted by molar-refractivity contribution is -0.251. The van der Waals surface area contributed by atoms with E-state index in [2.05, 4.69) is 41.5 Å². The molecule has 1 aliphatic heterocycles. The SMILES string of the molecule is CC1(C)C2CC[C@]3(C)C(CCC4C5[C@H]([C@]6(C)CO6)CC[C@]5(CO)CC[C@]43C)[C@@]2(C)CC[C@@H]1O. The summed E-state index contributed by atoms with van der Waals surface area (Å²) in [6, 6.07) is 0. The summed E-state index contributed by atoms with van der Waals surface area (Å²) in [5, 5.41) is 21.7. The van der Waals surface area contributed by atoms with Crippen molar-refractivity contribution in [3.8, 4) is 0 Å². The summed E-state index contributed by atoms with van der Waals surface area (Å²) in [6.45, 7) is 16.4. The van der Waals surface area contributed by atoms with Crippen molar-refractivity contribution in [2.24, 2.45) is 56.7 Å². The van der Waals surface area contributed by atoms with Crippen molar-refractivity contribution in [3.63, 3.8) is 0 Å². The second kappa shape index (κ2) is 6.80. The summed E-state index contributed by atoms with van der Waals surface area (Å²) < 4.78 is 6.08. The molecular formula is C30H50O3. The Kier molecular flexibility index (Phi) is 4.80. The molecule has 11 atom stereocenters. The first-order valence-corrected chi connectivity index (χ1v) is 14.3. The molecular weight excluding hydrogens is 408 g/mol. The molecule has 5 aliphatic carbocycles. The van der Waals surface area contributed by atoms with Crippen LogP contribution in [0.25, 0.3) is 0 Å². The zero-order valence-corrected chi connectivity index (χ0v) is 22.3. The lowest BCUT2D eigenvalue weighted by Gasteiger charge is -2.73. The molecule has 4 unspecified atom stereocenters. The fraction of sp³-hybridized carbons (Fsp3) is 1.00. The van der Waals surface area contributed by atoms with Crippen LogP contribution in [0.5, 0.6) is 0 Å². The second-order valence-electron chi connectivity index (χ2n) is 15.3. The van der Waals surface area contributed by atoms with Gasteiger partial charge in [0.15, 0.2) is 0 Å². The van der Waals surface area contributed by atoms with Gasteiger partial charge in [-0.1, -0.05) is 34.6 Å². The predicted octanol–water partition coefficient (Wildman–Crippen LogP) is 6.21. The fourth-order valence-corrected chi connectivity index (χ4v) is 12.0. The average molecular weight is 459 g/mol. The van der Waals surface area contributed by atoms with Crippen molar-refractivity contribution >= 4 is 0 Å². The van der Waals surface area contributed by atoms with Gasteiger partial charge in [0.1, 0.15) is 0 Å². The minimum Gasteiger partial charge on any atom is -0.396 e. The molecule has 6 rings (SSSR count). The van der Waals surface area contributed by atoms with Crippen molar-refractivity contribution < 1.29 is 14.9 Å². The molecule has 6 aliphatic rings. The number of fused-ring (bicyclic) bond motifs is 7. The molecule has 188 valence electrons. The average Bonchev–Trinajstić information content (AvgIpc) is 3.38. The molecule has 5 saturated carbocycles. The van der Waals surface area contributed by atoms with Gasteiger partial charge in [-0.15, -0.1) is 0 Å². The van der Waals surface area contributed by atoms with E-state index in [0.29, 0.717) is 40.6 Å². The van der Waals surface area contributed by atoms with Gasteiger partial charge in [0.05, 0.1) is 18.3 Å². The summed E-state index contributed by atoms with van der Waals surface area (Å²) in [6.07, 6.45) is 12.2. The standard InChI is InChI=1S/C30H50O3/c1-25(2)21-10-13-28(5)22(26(21,3)12-11-23(25)32)8-7-19-24-20(29(6)18-33-29)9-14-30(24,17-31)16-15-27(19,28)4/h19-24,31-32H,7-18H2,1-6H3/t19?,20-,21?,22?,23+,24?,26+,27-,28-,29+,30-/m1/s1. The maximum absolute atomic E-state index is 10.9. The lowest BCUT2D eigenvalue weighted by atomic mass is 9.32. The summed E-state index contributed by atoms with van der Waals surface area (Å²) in [4.78, 5) is 0. The van der Waals surface area contributed by atoms with Crippen LogP contribution < -0.4 is 0 Å². The third-order valence-corrected chi connectivity index (χ3v) is 14.3. The number of hydrogen-bond acceptors (Lipinski definition) is 3. The third kappa shape index (κ3) is 2.69. The smallest absolute Gasteiger partial charge is 0.0919 e. The van der Waals surface area contributed by atoms with Crippen molar-refractivity contribution in [1.82, 2.24) is 0 Å². The Morgan fingerprint density at radius 2 is 1.45 bits per heavy atom. The Balaban J connectivity index is 1.39. The minimum absolute atomic E-state index is 0.0269. The minimum atomic E-state index is -0.148. The van der Waals surface area contributed by atoms with E-state index in [0.717, 1.165) is 24.9 Å². The summed E-state index contributed by atoms with van der Waals surface area (Å²) in [5.74, 6) is 3.36. The Bertz CT molecular complexity index is 817. The van der Waals surface area contributed by atoms with Crippen LogP contribution in [0.15, 0.2) is 0 Å². The number of epoxide rings is 1. The molecule has 1 heterocycles. The van der Waals surface area contributed by atoms with E-state index >= 15 is 0 Å². The largest absolute Gasteiger partial charge is 0.396 e. The highest BCUT2D eigenvalue weighted by Gasteiger charge is 2.72. The van der Waals surface area contributed by atoms with Gasteiger partial charge in [-0.3, -0.25) is 0 Å². The van der Waals surface area contributed by atoms with Crippen molar-refractivity contribution in [3.05, 3.63) is 0 Å². The zero-order valence-electron chi connectivity index (χ0n) is 22.3. The molecule has 3 nitrogen and oxygen atoms in total. The van der Waals surface area contributed by atoms with Crippen LogP contribution in [0.1, 0.15) is 106 Å². The van der Waals surface area contributed by atoms with Gasteiger partial charge in [0.2, 0.25) is 0 Å². The van der Waals surface area contributed by atoms with E-state index in [1.165, 1.54) is 57.8 Å². The second-order valence-corrected chi connectivity index (χ2v) is 15.3. The van der Waals surface area contributed by atoms with E-state index in [-0.39, 0.29) is 22.5 Å². The van der Waals surface area contributed by atoms with E-state index in [9.17, 15) is 10.2 Å². The lowest BCUT2D eigenvalue weighted by Crippen LogP contribution is -2.67. The maximum Gasteiger partial charge on any atom is 0.0919 e. The summed E-state index contributed by atoms with van der Waals surface area (Å²) >= 11 is 0. The van der Waals surface area contributed by atoms with Crippen LogP contribution in [-0.2, 0) is 4.74 Å². The number of hydrogen-bond donors (Lipinski definition) is 2. The van der Waals surface area contributed by atoms with Crippen LogP contribution in [0, 0.1) is 56.7 Å². The van der Waals surface area contributed by atoms with Gasteiger partial charge in [-0.05, 0) is 128 Å². The monoisotopic (exact) mass is 458 g/mol. The Labute approximate surface area is 202 Å². The highest BCUT2D eigenvalue weighted by Crippen LogP contribution is 2.78. The van der Waals surface area contributed by atoms with Gasteiger partial charge in [-0.25, -0.2) is 0 Å². The normalized spacial score (nSPS) is 61.5. The van der Waals surface area contributed by atoms with Crippen LogP contribution >= 0.6 is 0 Å².